The normalized spacial score (nSPS) is 15.2. The molecule has 1 aliphatic heterocycles. The maximum absolute atomic E-state index is 13.2. The van der Waals surface area contributed by atoms with Gasteiger partial charge in [0.1, 0.15) is 5.60 Å². The zero-order valence-electron chi connectivity index (χ0n) is 20.3. The van der Waals surface area contributed by atoms with Gasteiger partial charge >= 0.3 is 6.09 Å². The number of amides is 2. The van der Waals surface area contributed by atoms with Gasteiger partial charge in [0.05, 0.1) is 11.4 Å². The number of benzene rings is 3. The molecule has 0 atom stereocenters. The summed E-state index contributed by atoms with van der Waals surface area (Å²) in [5.74, 6) is -0.270. The van der Waals surface area contributed by atoms with Gasteiger partial charge in [-0.3, -0.25) is 10.1 Å². The fourth-order valence-corrected chi connectivity index (χ4v) is 5.50. The highest BCUT2D eigenvalue weighted by atomic mass is 35.5. The molecule has 1 aliphatic rings. The number of nitrogens with one attached hydrogen (secondary N) is 1. The van der Waals surface area contributed by atoms with Crippen molar-refractivity contribution in [3.63, 3.8) is 0 Å². The first-order valence-electron chi connectivity index (χ1n) is 11.5. The van der Waals surface area contributed by atoms with Crippen molar-refractivity contribution in [2.75, 3.05) is 25.0 Å². The predicted molar refractivity (Wildman–Crippen MR) is 139 cm³/mol. The van der Waals surface area contributed by atoms with Crippen LogP contribution in [-0.4, -0.2) is 54.9 Å². The molecule has 4 rings (SSSR count). The molecule has 8 nitrogen and oxygen atoms in total. The number of ether oxygens (including phenoxy) is 1. The van der Waals surface area contributed by atoms with Gasteiger partial charge in [-0.2, -0.15) is 4.31 Å². The van der Waals surface area contributed by atoms with Crippen molar-refractivity contribution in [1.82, 2.24) is 9.21 Å². The number of anilines is 1. The molecule has 0 spiro atoms. The Labute approximate surface area is 215 Å². The number of hydrogen-bond acceptors (Lipinski definition) is 5. The van der Waals surface area contributed by atoms with Gasteiger partial charge in [-0.15, -0.1) is 0 Å². The molecule has 1 saturated heterocycles. The van der Waals surface area contributed by atoms with Crippen LogP contribution in [0.1, 0.15) is 26.3 Å². The Morgan fingerprint density at radius 2 is 1.67 bits per heavy atom. The average Bonchev–Trinajstić information content (AvgIpc) is 2.80. The first-order valence-corrected chi connectivity index (χ1v) is 13.3. The Bertz CT molecular complexity index is 1400. The third-order valence-corrected chi connectivity index (χ3v) is 7.74. The predicted octanol–water partition coefficient (Wildman–Crippen LogP) is 4.87. The summed E-state index contributed by atoms with van der Waals surface area (Å²) in [7, 11) is -3.82. The van der Waals surface area contributed by atoms with Crippen LogP contribution in [0, 0.1) is 0 Å². The second kappa shape index (κ2) is 10.1. The minimum Gasteiger partial charge on any atom is -0.444 e. The SMILES string of the molecule is CC(C)(C)OC(=O)Nc1ccc(CN2CCN(S(=O)(=O)c3ccc4cc(Cl)ccc4c3)CC2=O)cc1. The van der Waals surface area contributed by atoms with Crippen molar-refractivity contribution in [2.24, 2.45) is 0 Å². The molecule has 10 heteroatoms. The number of halogens is 1. The fourth-order valence-electron chi connectivity index (χ4n) is 3.90. The number of carbonyl (C=O) groups is 2. The van der Waals surface area contributed by atoms with Crippen molar-refractivity contribution in [3.05, 3.63) is 71.2 Å². The van der Waals surface area contributed by atoms with Crippen molar-refractivity contribution in [1.29, 1.82) is 0 Å². The smallest absolute Gasteiger partial charge is 0.412 e. The Hall–Kier alpha value is -3.14. The zero-order chi connectivity index (χ0) is 26.1. The van der Waals surface area contributed by atoms with Crippen LogP contribution in [0.2, 0.25) is 5.02 Å². The third kappa shape index (κ3) is 6.16. The van der Waals surface area contributed by atoms with E-state index in [0.717, 1.165) is 16.3 Å². The quantitative estimate of drug-likeness (QED) is 0.508. The van der Waals surface area contributed by atoms with Crippen molar-refractivity contribution in [3.8, 4) is 0 Å². The van der Waals surface area contributed by atoms with Gasteiger partial charge in [-0.05, 0) is 73.5 Å². The van der Waals surface area contributed by atoms with Gasteiger partial charge < -0.3 is 9.64 Å². The van der Waals surface area contributed by atoms with Gasteiger partial charge in [0.15, 0.2) is 0 Å². The van der Waals surface area contributed by atoms with E-state index in [1.807, 2.05) is 12.1 Å². The number of rotatable bonds is 5. The van der Waals surface area contributed by atoms with E-state index in [1.54, 1.807) is 68.1 Å². The van der Waals surface area contributed by atoms with Crippen molar-refractivity contribution < 1.29 is 22.7 Å². The lowest BCUT2D eigenvalue weighted by molar-refractivity contribution is -0.134. The highest BCUT2D eigenvalue weighted by molar-refractivity contribution is 7.89. The monoisotopic (exact) mass is 529 g/mol. The molecule has 2 amide bonds. The molecule has 0 radical (unpaired) electrons. The van der Waals surface area contributed by atoms with E-state index in [2.05, 4.69) is 5.32 Å². The molecule has 190 valence electrons. The molecule has 0 saturated carbocycles. The Balaban J connectivity index is 1.38. The molecular formula is C26H28ClN3O5S. The van der Waals surface area contributed by atoms with E-state index < -0.39 is 21.7 Å². The van der Waals surface area contributed by atoms with E-state index in [1.165, 1.54) is 10.4 Å². The molecule has 0 unspecified atom stereocenters. The first kappa shape index (κ1) is 25.9. The maximum atomic E-state index is 13.2. The molecule has 1 heterocycles. The lowest BCUT2D eigenvalue weighted by Gasteiger charge is -2.33. The van der Waals surface area contributed by atoms with Gasteiger partial charge in [0.25, 0.3) is 0 Å². The summed E-state index contributed by atoms with van der Waals surface area (Å²) in [4.78, 5) is 26.5. The molecular weight excluding hydrogens is 502 g/mol. The van der Waals surface area contributed by atoms with Gasteiger partial charge in [0, 0.05) is 30.3 Å². The molecule has 0 aromatic heterocycles. The van der Waals surface area contributed by atoms with Crippen LogP contribution in [0.4, 0.5) is 10.5 Å². The van der Waals surface area contributed by atoms with E-state index in [0.29, 0.717) is 17.3 Å². The molecule has 3 aromatic carbocycles. The summed E-state index contributed by atoms with van der Waals surface area (Å²) in [6.07, 6.45) is -0.544. The molecule has 36 heavy (non-hydrogen) atoms. The lowest BCUT2D eigenvalue weighted by Crippen LogP contribution is -2.51. The number of piperazine rings is 1. The number of carbonyl (C=O) groups excluding carboxylic acids is 2. The van der Waals surface area contributed by atoms with Crippen LogP contribution in [0.3, 0.4) is 0 Å². The van der Waals surface area contributed by atoms with E-state index in [-0.39, 0.29) is 30.4 Å². The second-order valence-corrected chi connectivity index (χ2v) is 12.0. The van der Waals surface area contributed by atoms with Crippen LogP contribution >= 0.6 is 11.6 Å². The minimum atomic E-state index is -3.82. The summed E-state index contributed by atoms with van der Waals surface area (Å²) in [6, 6.07) is 17.2. The molecule has 1 N–H and O–H groups in total. The maximum Gasteiger partial charge on any atom is 0.412 e. The number of fused-ring (bicyclic) bond motifs is 1. The summed E-state index contributed by atoms with van der Waals surface area (Å²) >= 11 is 6.02. The van der Waals surface area contributed by atoms with Crippen LogP contribution < -0.4 is 5.32 Å². The lowest BCUT2D eigenvalue weighted by atomic mass is 10.1. The van der Waals surface area contributed by atoms with Gasteiger partial charge in [-0.25, -0.2) is 13.2 Å². The van der Waals surface area contributed by atoms with Gasteiger partial charge in [0.2, 0.25) is 15.9 Å². The van der Waals surface area contributed by atoms with E-state index in [9.17, 15) is 18.0 Å². The van der Waals surface area contributed by atoms with Crippen LogP contribution in [0.25, 0.3) is 10.8 Å². The summed E-state index contributed by atoms with van der Waals surface area (Å²) in [5, 5.41) is 4.85. The molecule has 1 fully saturated rings. The fraction of sp³-hybridized carbons (Fsp3) is 0.308. The van der Waals surface area contributed by atoms with Crippen molar-refractivity contribution in [2.45, 2.75) is 37.8 Å². The summed E-state index contributed by atoms with van der Waals surface area (Å²) < 4.78 is 32.9. The summed E-state index contributed by atoms with van der Waals surface area (Å²) in [6.45, 7) is 5.96. The molecule has 0 aliphatic carbocycles. The number of sulfonamides is 1. The van der Waals surface area contributed by atoms with E-state index >= 15 is 0 Å². The Morgan fingerprint density at radius 1 is 1.00 bits per heavy atom. The highest BCUT2D eigenvalue weighted by Crippen LogP contribution is 2.25. The Morgan fingerprint density at radius 3 is 2.33 bits per heavy atom. The van der Waals surface area contributed by atoms with Crippen LogP contribution in [0.5, 0.6) is 0 Å². The topological polar surface area (TPSA) is 96.0 Å². The third-order valence-electron chi connectivity index (χ3n) is 5.67. The van der Waals surface area contributed by atoms with Crippen LogP contribution in [-0.2, 0) is 26.1 Å². The first-order chi connectivity index (χ1) is 16.9. The highest BCUT2D eigenvalue weighted by Gasteiger charge is 2.33. The minimum absolute atomic E-state index is 0.145. The molecule has 3 aromatic rings. The standard InChI is InChI=1S/C26H28ClN3O5S/c1-26(2,3)35-25(32)28-22-9-4-18(5-10-22)16-29-12-13-30(17-24(29)31)36(33,34)23-11-7-19-14-21(27)8-6-20(19)15-23/h4-11,14-15H,12-13,16-17H2,1-3H3,(H,28,32). The largest absolute Gasteiger partial charge is 0.444 e. The Kier molecular flexibility index (Phi) is 7.26. The second-order valence-electron chi connectivity index (χ2n) is 9.63. The number of nitrogens with zero attached hydrogens (tertiary/aromatic N) is 2. The molecule has 0 bridgehead atoms. The zero-order valence-corrected chi connectivity index (χ0v) is 21.9. The van der Waals surface area contributed by atoms with Crippen molar-refractivity contribution >= 4 is 50.1 Å². The summed E-state index contributed by atoms with van der Waals surface area (Å²) in [5.41, 5.74) is 0.846. The van der Waals surface area contributed by atoms with Gasteiger partial charge in [-0.1, -0.05) is 35.9 Å². The van der Waals surface area contributed by atoms with E-state index in [4.69, 9.17) is 16.3 Å². The number of hydrogen-bond donors (Lipinski definition) is 1. The van der Waals surface area contributed by atoms with Crippen LogP contribution in [0.15, 0.2) is 65.6 Å². The average molecular weight is 530 g/mol.